The zero-order valence-electron chi connectivity index (χ0n) is 13.7. The molecular weight excluding hydrogens is 340 g/mol. The summed E-state index contributed by atoms with van der Waals surface area (Å²) in [5, 5.41) is 3.48. The van der Waals surface area contributed by atoms with Crippen molar-refractivity contribution in [2.45, 2.75) is 12.8 Å². The third kappa shape index (κ3) is 4.31. The van der Waals surface area contributed by atoms with Gasteiger partial charge in [-0.15, -0.1) is 0 Å². The summed E-state index contributed by atoms with van der Waals surface area (Å²) in [7, 11) is 0. The van der Waals surface area contributed by atoms with Gasteiger partial charge in [0, 0.05) is 18.0 Å². The van der Waals surface area contributed by atoms with Crippen LogP contribution in [0.15, 0.2) is 48.5 Å². The van der Waals surface area contributed by atoms with E-state index in [0.717, 1.165) is 6.42 Å². The molecule has 0 aliphatic carbocycles. The van der Waals surface area contributed by atoms with E-state index in [4.69, 9.17) is 16.3 Å². The number of carbonyl (C=O) groups excluding carboxylic acids is 2. The van der Waals surface area contributed by atoms with Crippen molar-refractivity contribution >= 4 is 29.1 Å². The minimum atomic E-state index is -0.213. The van der Waals surface area contributed by atoms with E-state index in [1.807, 2.05) is 12.1 Å². The Morgan fingerprint density at radius 3 is 2.64 bits per heavy atom. The van der Waals surface area contributed by atoms with Crippen molar-refractivity contribution in [3.8, 4) is 5.75 Å². The van der Waals surface area contributed by atoms with Crippen LogP contribution in [0.4, 0.5) is 5.69 Å². The van der Waals surface area contributed by atoms with Gasteiger partial charge in [0.2, 0.25) is 5.91 Å². The molecule has 1 aliphatic heterocycles. The van der Waals surface area contributed by atoms with Crippen molar-refractivity contribution in [1.82, 2.24) is 5.32 Å². The molecule has 0 aromatic heterocycles. The number of benzene rings is 2. The third-order valence-corrected chi connectivity index (χ3v) is 4.23. The lowest BCUT2D eigenvalue weighted by molar-refractivity contribution is -0.117. The van der Waals surface area contributed by atoms with Gasteiger partial charge < -0.3 is 15.0 Å². The number of nitrogens with zero attached hydrogens (tertiary/aromatic N) is 1. The Morgan fingerprint density at radius 2 is 1.92 bits per heavy atom. The first-order valence-electron chi connectivity index (χ1n) is 8.21. The van der Waals surface area contributed by atoms with Crippen LogP contribution in [0.25, 0.3) is 0 Å². The van der Waals surface area contributed by atoms with Crippen molar-refractivity contribution in [2.75, 3.05) is 24.6 Å². The lowest BCUT2D eigenvalue weighted by Gasteiger charge is -2.19. The van der Waals surface area contributed by atoms with Gasteiger partial charge >= 0.3 is 0 Å². The summed E-state index contributed by atoms with van der Waals surface area (Å²) in [4.78, 5) is 26.1. The maximum absolute atomic E-state index is 12.5. The van der Waals surface area contributed by atoms with Crippen molar-refractivity contribution in [1.29, 1.82) is 0 Å². The smallest absolute Gasteiger partial charge is 0.253 e. The monoisotopic (exact) mass is 358 g/mol. The molecular formula is C19H19ClN2O3. The lowest BCUT2D eigenvalue weighted by Crippen LogP contribution is -2.31. The standard InChI is InChI=1S/C19H19ClN2O3/c20-14-7-9-15(10-8-14)25-13-11-21-19(24)16-4-1-2-5-17(16)22-12-3-6-18(22)23/h1-2,4-5,7-10H,3,6,11-13H2,(H,21,24). The highest BCUT2D eigenvalue weighted by Crippen LogP contribution is 2.25. The van der Waals surface area contributed by atoms with Crippen LogP contribution in [-0.2, 0) is 4.79 Å². The number of carbonyl (C=O) groups is 2. The van der Waals surface area contributed by atoms with E-state index >= 15 is 0 Å². The van der Waals surface area contributed by atoms with Gasteiger partial charge in [-0.3, -0.25) is 9.59 Å². The molecule has 1 aliphatic rings. The van der Waals surface area contributed by atoms with Gasteiger partial charge in [0.15, 0.2) is 0 Å². The molecule has 0 bridgehead atoms. The molecule has 6 heteroatoms. The van der Waals surface area contributed by atoms with E-state index in [9.17, 15) is 9.59 Å². The first-order valence-corrected chi connectivity index (χ1v) is 8.59. The third-order valence-electron chi connectivity index (χ3n) is 3.98. The lowest BCUT2D eigenvalue weighted by atomic mass is 10.1. The average molecular weight is 359 g/mol. The van der Waals surface area contributed by atoms with Crippen LogP contribution in [0, 0.1) is 0 Å². The van der Waals surface area contributed by atoms with Gasteiger partial charge in [0.05, 0.1) is 17.8 Å². The van der Waals surface area contributed by atoms with Crippen molar-refractivity contribution in [3.63, 3.8) is 0 Å². The molecule has 130 valence electrons. The zero-order valence-corrected chi connectivity index (χ0v) is 14.5. The second-order valence-corrected chi connectivity index (χ2v) is 6.16. The average Bonchev–Trinajstić information content (AvgIpc) is 3.06. The van der Waals surface area contributed by atoms with Gasteiger partial charge in [-0.05, 0) is 42.8 Å². The zero-order chi connectivity index (χ0) is 17.6. The quantitative estimate of drug-likeness (QED) is 0.806. The van der Waals surface area contributed by atoms with Crippen LogP contribution in [0.5, 0.6) is 5.75 Å². The summed E-state index contributed by atoms with van der Waals surface area (Å²) in [6, 6.07) is 14.2. The van der Waals surface area contributed by atoms with Gasteiger partial charge in [-0.1, -0.05) is 23.7 Å². The number of anilines is 1. The number of halogens is 1. The van der Waals surface area contributed by atoms with Gasteiger partial charge in [-0.25, -0.2) is 0 Å². The summed E-state index contributed by atoms with van der Waals surface area (Å²) < 4.78 is 5.56. The summed E-state index contributed by atoms with van der Waals surface area (Å²) in [5.41, 5.74) is 1.17. The second kappa shape index (κ2) is 8.03. The molecule has 0 spiro atoms. The highest BCUT2D eigenvalue weighted by Gasteiger charge is 2.25. The molecule has 1 fully saturated rings. The Balaban J connectivity index is 1.56. The molecule has 0 saturated carbocycles. The van der Waals surface area contributed by atoms with Crippen LogP contribution >= 0.6 is 11.6 Å². The van der Waals surface area contributed by atoms with E-state index in [1.54, 1.807) is 41.3 Å². The van der Waals surface area contributed by atoms with Gasteiger partial charge in [-0.2, -0.15) is 0 Å². The molecule has 25 heavy (non-hydrogen) atoms. The minimum absolute atomic E-state index is 0.0614. The van der Waals surface area contributed by atoms with E-state index in [-0.39, 0.29) is 11.8 Å². The molecule has 2 amide bonds. The highest BCUT2D eigenvalue weighted by atomic mass is 35.5. The Morgan fingerprint density at radius 1 is 1.16 bits per heavy atom. The molecule has 5 nitrogen and oxygen atoms in total. The predicted molar refractivity (Wildman–Crippen MR) is 97.3 cm³/mol. The van der Waals surface area contributed by atoms with E-state index < -0.39 is 0 Å². The first-order chi connectivity index (χ1) is 12.1. The second-order valence-electron chi connectivity index (χ2n) is 5.72. The number of nitrogens with one attached hydrogen (secondary N) is 1. The Labute approximate surface area is 151 Å². The number of ether oxygens (including phenoxy) is 1. The first kappa shape index (κ1) is 17.3. The largest absolute Gasteiger partial charge is 0.492 e. The predicted octanol–water partition coefficient (Wildman–Crippen LogP) is 3.28. The van der Waals surface area contributed by atoms with Crippen LogP contribution in [0.2, 0.25) is 5.02 Å². The fraction of sp³-hybridized carbons (Fsp3) is 0.263. The van der Waals surface area contributed by atoms with Crippen LogP contribution in [0.3, 0.4) is 0 Å². The Kier molecular flexibility index (Phi) is 5.56. The minimum Gasteiger partial charge on any atom is -0.492 e. The molecule has 0 unspecified atom stereocenters. The summed E-state index contributed by atoms with van der Waals surface area (Å²) in [6.45, 7) is 1.37. The highest BCUT2D eigenvalue weighted by molar-refractivity contribution is 6.30. The topological polar surface area (TPSA) is 58.6 Å². The molecule has 1 saturated heterocycles. The van der Waals surface area contributed by atoms with Crippen LogP contribution < -0.4 is 15.0 Å². The normalized spacial score (nSPS) is 13.8. The molecule has 0 atom stereocenters. The fourth-order valence-corrected chi connectivity index (χ4v) is 2.89. The van der Waals surface area contributed by atoms with E-state index in [2.05, 4.69) is 5.32 Å². The fourth-order valence-electron chi connectivity index (χ4n) is 2.76. The van der Waals surface area contributed by atoms with Crippen molar-refractivity contribution in [3.05, 3.63) is 59.1 Å². The maximum Gasteiger partial charge on any atom is 0.253 e. The molecule has 2 aromatic rings. The molecule has 1 heterocycles. The molecule has 0 radical (unpaired) electrons. The van der Waals surface area contributed by atoms with Crippen LogP contribution in [-0.4, -0.2) is 31.5 Å². The van der Waals surface area contributed by atoms with E-state index in [0.29, 0.717) is 48.1 Å². The Hall–Kier alpha value is -2.53. The van der Waals surface area contributed by atoms with Crippen LogP contribution in [0.1, 0.15) is 23.2 Å². The summed E-state index contributed by atoms with van der Waals surface area (Å²) in [5.74, 6) is 0.544. The number of para-hydroxylation sites is 1. The van der Waals surface area contributed by atoms with E-state index in [1.165, 1.54) is 0 Å². The summed E-state index contributed by atoms with van der Waals surface area (Å²) in [6.07, 6.45) is 1.36. The van der Waals surface area contributed by atoms with Gasteiger partial charge in [0.1, 0.15) is 12.4 Å². The Bertz CT molecular complexity index is 762. The molecule has 2 aromatic carbocycles. The number of hydrogen-bond acceptors (Lipinski definition) is 3. The number of hydrogen-bond donors (Lipinski definition) is 1. The van der Waals surface area contributed by atoms with Crippen molar-refractivity contribution in [2.24, 2.45) is 0 Å². The maximum atomic E-state index is 12.5. The molecule has 1 N–H and O–H groups in total. The SMILES string of the molecule is O=C(NCCOc1ccc(Cl)cc1)c1ccccc1N1CCCC1=O. The summed E-state index contributed by atoms with van der Waals surface area (Å²) >= 11 is 5.82. The number of rotatable bonds is 6. The number of amides is 2. The van der Waals surface area contributed by atoms with Gasteiger partial charge in [0.25, 0.3) is 5.91 Å². The van der Waals surface area contributed by atoms with Crippen molar-refractivity contribution < 1.29 is 14.3 Å². The molecule has 3 rings (SSSR count).